The van der Waals surface area contributed by atoms with Gasteiger partial charge in [0.2, 0.25) is 0 Å². The van der Waals surface area contributed by atoms with Crippen molar-refractivity contribution in [1.29, 1.82) is 0 Å². The van der Waals surface area contributed by atoms with Gasteiger partial charge in [0, 0.05) is 33.7 Å². The smallest absolute Gasteiger partial charge is 0.153 e. The summed E-state index contributed by atoms with van der Waals surface area (Å²) in [7, 11) is 0. The molecule has 2 heterocycles. The summed E-state index contributed by atoms with van der Waals surface area (Å²) in [5.41, 5.74) is 12.9. The van der Waals surface area contributed by atoms with Gasteiger partial charge in [0.25, 0.3) is 0 Å². The third-order valence-electron chi connectivity index (χ3n) is 9.14. The Bertz CT molecular complexity index is 2520. The van der Waals surface area contributed by atoms with Gasteiger partial charge in [-0.3, -0.25) is 4.98 Å². The summed E-state index contributed by atoms with van der Waals surface area (Å²) in [4.78, 5) is 7.07. The van der Waals surface area contributed by atoms with Crippen molar-refractivity contribution in [2.24, 2.45) is 0 Å². The van der Waals surface area contributed by atoms with Gasteiger partial charge in [-0.25, -0.2) is 0 Å². The Kier molecular flexibility index (Phi) is 6.80. The summed E-state index contributed by atoms with van der Waals surface area (Å²) in [6, 6.07) is 62.2. The first-order valence-electron chi connectivity index (χ1n) is 16.2. The molecule has 3 nitrogen and oxygen atoms in total. The number of nitrogens with zero attached hydrogens (tertiary/aromatic N) is 2. The first-order chi connectivity index (χ1) is 23.8. The molecule has 0 fully saturated rings. The molecule has 2 aromatic heterocycles. The predicted octanol–water partition coefficient (Wildman–Crippen LogP) is 12.6. The molecular weight excluding hydrogens is 585 g/mol. The summed E-state index contributed by atoms with van der Waals surface area (Å²) < 4.78 is 6.40. The average molecular weight is 615 g/mol. The second-order valence-corrected chi connectivity index (χ2v) is 12.0. The number of hydrogen-bond donors (Lipinski definition) is 0. The van der Waals surface area contributed by atoms with E-state index in [2.05, 4.69) is 169 Å². The van der Waals surface area contributed by atoms with E-state index in [1.165, 1.54) is 33.4 Å². The molecule has 0 spiro atoms. The largest absolute Gasteiger partial charge is 0.454 e. The molecule has 48 heavy (non-hydrogen) atoms. The van der Waals surface area contributed by atoms with E-state index in [0.717, 1.165) is 49.9 Å². The zero-order valence-corrected chi connectivity index (χ0v) is 26.1. The van der Waals surface area contributed by atoms with Crippen LogP contribution >= 0.6 is 0 Å². The minimum absolute atomic E-state index is 0.788. The Balaban J connectivity index is 1.19. The third kappa shape index (κ3) is 4.90. The van der Waals surface area contributed by atoms with Gasteiger partial charge in [-0.15, -0.1) is 0 Å². The topological polar surface area (TPSA) is 29.3 Å². The van der Waals surface area contributed by atoms with Crippen LogP contribution in [0.5, 0.6) is 0 Å². The van der Waals surface area contributed by atoms with Crippen LogP contribution in [0.4, 0.5) is 17.1 Å². The maximum absolute atomic E-state index is 6.40. The van der Waals surface area contributed by atoms with Crippen molar-refractivity contribution in [3.05, 3.63) is 182 Å². The van der Waals surface area contributed by atoms with Gasteiger partial charge < -0.3 is 9.32 Å². The molecule has 3 heteroatoms. The molecule has 0 amide bonds. The standard InChI is InChI=1S/C45H30N2O/c1-3-10-31(11-4-1)33-17-19-34(20-18-33)36-23-27-38(28-24-36)47(37-25-21-35(22-26-37)32-12-5-2-6-13-32)42-30-41-44-43(16-9-29-46-44)48-45(41)40-15-8-7-14-39(40)42/h1-30H. The molecule has 0 N–H and O–H groups in total. The molecule has 0 saturated carbocycles. The summed E-state index contributed by atoms with van der Waals surface area (Å²) in [5, 5.41) is 3.17. The summed E-state index contributed by atoms with van der Waals surface area (Å²) in [6.45, 7) is 0. The van der Waals surface area contributed by atoms with Crippen LogP contribution in [-0.2, 0) is 0 Å². The van der Waals surface area contributed by atoms with E-state index in [0.29, 0.717) is 0 Å². The van der Waals surface area contributed by atoms with Gasteiger partial charge in [-0.2, -0.15) is 0 Å². The van der Waals surface area contributed by atoms with Crippen molar-refractivity contribution in [3.63, 3.8) is 0 Å². The van der Waals surface area contributed by atoms with Crippen LogP contribution in [0.2, 0.25) is 0 Å². The lowest BCUT2D eigenvalue weighted by atomic mass is 9.99. The van der Waals surface area contributed by atoms with Crippen molar-refractivity contribution in [1.82, 2.24) is 4.98 Å². The lowest BCUT2D eigenvalue weighted by Crippen LogP contribution is -2.10. The van der Waals surface area contributed by atoms with Crippen LogP contribution in [0.15, 0.2) is 187 Å². The third-order valence-corrected chi connectivity index (χ3v) is 9.14. The summed E-state index contributed by atoms with van der Waals surface area (Å²) >= 11 is 0. The van der Waals surface area contributed by atoms with Crippen LogP contribution in [0.3, 0.4) is 0 Å². The second kappa shape index (κ2) is 11.7. The number of hydrogen-bond acceptors (Lipinski definition) is 3. The predicted molar refractivity (Wildman–Crippen MR) is 200 cm³/mol. The van der Waals surface area contributed by atoms with Crippen molar-refractivity contribution < 1.29 is 4.42 Å². The molecule has 0 aliphatic heterocycles. The number of rotatable bonds is 6. The van der Waals surface area contributed by atoms with Gasteiger partial charge >= 0.3 is 0 Å². The number of pyridine rings is 1. The minimum Gasteiger partial charge on any atom is -0.454 e. The number of furan rings is 1. The fraction of sp³-hybridized carbons (Fsp3) is 0. The molecular formula is C45H30N2O. The molecule has 0 saturated heterocycles. The number of fused-ring (bicyclic) bond motifs is 5. The highest BCUT2D eigenvalue weighted by molar-refractivity contribution is 6.18. The molecule has 9 rings (SSSR count). The summed E-state index contributed by atoms with van der Waals surface area (Å²) in [6.07, 6.45) is 1.83. The first kappa shape index (κ1) is 27.8. The van der Waals surface area contributed by atoms with Gasteiger partial charge in [0.05, 0.1) is 5.69 Å². The van der Waals surface area contributed by atoms with Crippen molar-refractivity contribution in [2.45, 2.75) is 0 Å². The van der Waals surface area contributed by atoms with Crippen LogP contribution < -0.4 is 4.90 Å². The van der Waals surface area contributed by atoms with E-state index < -0.39 is 0 Å². The molecule has 9 aromatic rings. The number of benzene rings is 7. The van der Waals surface area contributed by atoms with Crippen LogP contribution in [0.25, 0.3) is 66.2 Å². The van der Waals surface area contributed by atoms with Gasteiger partial charge in [-0.05, 0) is 75.8 Å². The SMILES string of the molecule is c1ccc(-c2ccc(-c3ccc(N(c4ccc(-c5ccccc5)cc4)c4cc5c6ncccc6oc5c5ccccc45)cc3)cc2)cc1. The Hall–Kier alpha value is -6.45. The van der Waals surface area contributed by atoms with Crippen molar-refractivity contribution >= 4 is 49.9 Å². The second-order valence-electron chi connectivity index (χ2n) is 12.0. The van der Waals surface area contributed by atoms with E-state index in [4.69, 9.17) is 9.40 Å². The van der Waals surface area contributed by atoms with Crippen LogP contribution in [-0.4, -0.2) is 4.98 Å². The van der Waals surface area contributed by atoms with Crippen LogP contribution in [0, 0.1) is 0 Å². The maximum Gasteiger partial charge on any atom is 0.153 e. The summed E-state index contributed by atoms with van der Waals surface area (Å²) in [5.74, 6) is 0. The van der Waals surface area contributed by atoms with Gasteiger partial charge in [0.1, 0.15) is 11.1 Å². The number of anilines is 3. The van der Waals surface area contributed by atoms with Crippen molar-refractivity contribution in [3.8, 4) is 33.4 Å². The van der Waals surface area contributed by atoms with Gasteiger partial charge in [0.15, 0.2) is 5.58 Å². The van der Waals surface area contributed by atoms with Crippen molar-refractivity contribution in [2.75, 3.05) is 4.90 Å². The van der Waals surface area contributed by atoms with Crippen LogP contribution in [0.1, 0.15) is 0 Å². The lowest BCUT2D eigenvalue weighted by Gasteiger charge is -2.27. The van der Waals surface area contributed by atoms with E-state index >= 15 is 0 Å². The molecule has 226 valence electrons. The number of aromatic nitrogens is 1. The highest BCUT2D eigenvalue weighted by atomic mass is 16.3. The van der Waals surface area contributed by atoms with E-state index in [1.807, 2.05) is 18.3 Å². The highest BCUT2D eigenvalue weighted by Gasteiger charge is 2.20. The lowest BCUT2D eigenvalue weighted by molar-refractivity contribution is 0.672. The fourth-order valence-corrected chi connectivity index (χ4v) is 6.74. The molecule has 7 aromatic carbocycles. The monoisotopic (exact) mass is 614 g/mol. The van der Waals surface area contributed by atoms with E-state index in [1.54, 1.807) is 0 Å². The Morgan fingerprint density at radius 2 is 0.854 bits per heavy atom. The molecule has 0 radical (unpaired) electrons. The molecule has 0 unspecified atom stereocenters. The normalized spacial score (nSPS) is 11.3. The molecule has 0 aliphatic rings. The van der Waals surface area contributed by atoms with E-state index in [-0.39, 0.29) is 0 Å². The minimum atomic E-state index is 0.788. The quantitative estimate of drug-likeness (QED) is 0.187. The Labute approximate surface area is 279 Å². The highest BCUT2D eigenvalue weighted by Crippen LogP contribution is 2.44. The maximum atomic E-state index is 6.40. The van der Waals surface area contributed by atoms with E-state index in [9.17, 15) is 0 Å². The Morgan fingerprint density at radius 1 is 0.396 bits per heavy atom. The molecule has 0 bridgehead atoms. The fourth-order valence-electron chi connectivity index (χ4n) is 6.74. The first-order valence-corrected chi connectivity index (χ1v) is 16.2. The molecule has 0 atom stereocenters. The zero-order chi connectivity index (χ0) is 31.9. The molecule has 0 aliphatic carbocycles. The van der Waals surface area contributed by atoms with Gasteiger partial charge in [-0.1, -0.05) is 133 Å². The average Bonchev–Trinajstić information content (AvgIpc) is 3.55. The zero-order valence-electron chi connectivity index (χ0n) is 26.1. The Morgan fingerprint density at radius 3 is 1.40 bits per heavy atom.